The highest BCUT2D eigenvalue weighted by Crippen LogP contribution is 2.28. The number of hydrogen-bond donors (Lipinski definition) is 2. The third-order valence-electron chi connectivity index (χ3n) is 1.56. The van der Waals surface area contributed by atoms with Crippen LogP contribution in [0.3, 0.4) is 0 Å². The number of pyridine rings is 1. The van der Waals surface area contributed by atoms with Gasteiger partial charge in [-0.2, -0.15) is 0 Å². The number of nitro groups is 1. The number of anilines is 2. The van der Waals surface area contributed by atoms with Crippen LogP contribution in [0.5, 0.6) is 0 Å². The van der Waals surface area contributed by atoms with Crippen molar-refractivity contribution in [2.24, 2.45) is 0 Å². The maximum Gasteiger partial charge on any atom is 0.333 e. The van der Waals surface area contributed by atoms with Gasteiger partial charge in [-0.1, -0.05) is 0 Å². The third-order valence-corrected chi connectivity index (χ3v) is 1.56. The fourth-order valence-corrected chi connectivity index (χ4v) is 1.04. The fraction of sp³-hybridized carbons (Fsp3) is 0.375. The Kier molecular flexibility index (Phi) is 2.85. The van der Waals surface area contributed by atoms with Gasteiger partial charge >= 0.3 is 5.69 Å². The quantitative estimate of drug-likeness (QED) is 0.562. The molecule has 6 nitrogen and oxygen atoms in total. The lowest BCUT2D eigenvalue weighted by atomic mass is 10.3. The number of nitrogen functional groups attached to an aromatic ring is 1. The van der Waals surface area contributed by atoms with E-state index in [1.165, 1.54) is 12.3 Å². The first-order valence-electron chi connectivity index (χ1n) is 4.17. The molecule has 14 heavy (non-hydrogen) atoms. The summed E-state index contributed by atoms with van der Waals surface area (Å²) in [7, 11) is 0. The molecule has 0 spiro atoms. The molecule has 0 aliphatic heterocycles. The first kappa shape index (κ1) is 10.2. The van der Waals surface area contributed by atoms with Gasteiger partial charge in [-0.05, 0) is 19.9 Å². The molecule has 0 aliphatic rings. The van der Waals surface area contributed by atoms with Gasteiger partial charge in [-0.15, -0.1) is 0 Å². The van der Waals surface area contributed by atoms with Crippen molar-refractivity contribution in [3.8, 4) is 0 Å². The molecule has 0 aromatic carbocycles. The number of nitrogens with zero attached hydrogens (tertiary/aromatic N) is 2. The zero-order chi connectivity index (χ0) is 10.7. The maximum atomic E-state index is 10.7. The van der Waals surface area contributed by atoms with Gasteiger partial charge < -0.3 is 11.1 Å². The third kappa shape index (κ3) is 2.09. The summed E-state index contributed by atoms with van der Waals surface area (Å²) in [6.07, 6.45) is 1.44. The van der Waals surface area contributed by atoms with Gasteiger partial charge in [0.25, 0.3) is 0 Å². The van der Waals surface area contributed by atoms with Crippen LogP contribution in [-0.4, -0.2) is 15.9 Å². The lowest BCUT2D eigenvalue weighted by Gasteiger charge is -2.09. The van der Waals surface area contributed by atoms with Crippen LogP contribution in [0.1, 0.15) is 13.8 Å². The van der Waals surface area contributed by atoms with E-state index in [0.717, 1.165) is 0 Å². The summed E-state index contributed by atoms with van der Waals surface area (Å²) < 4.78 is 0. The molecule has 0 saturated carbocycles. The van der Waals surface area contributed by atoms with E-state index in [1.54, 1.807) is 0 Å². The van der Waals surface area contributed by atoms with Crippen LogP contribution in [0.25, 0.3) is 0 Å². The lowest BCUT2D eigenvalue weighted by Crippen LogP contribution is -2.13. The molecular formula is C8H12N4O2. The number of hydrogen-bond acceptors (Lipinski definition) is 5. The normalized spacial score (nSPS) is 10.2. The van der Waals surface area contributed by atoms with Gasteiger partial charge in [0.15, 0.2) is 0 Å². The van der Waals surface area contributed by atoms with Crippen LogP contribution in [0.2, 0.25) is 0 Å². The Hall–Kier alpha value is -1.85. The number of rotatable bonds is 3. The van der Waals surface area contributed by atoms with Gasteiger partial charge in [0.05, 0.1) is 4.92 Å². The summed E-state index contributed by atoms with van der Waals surface area (Å²) in [5, 5.41) is 13.5. The molecule has 0 radical (unpaired) electrons. The minimum Gasteiger partial charge on any atom is -0.393 e. The van der Waals surface area contributed by atoms with Crippen LogP contribution in [0.4, 0.5) is 17.2 Å². The van der Waals surface area contributed by atoms with Gasteiger partial charge in [0, 0.05) is 12.2 Å². The molecule has 3 N–H and O–H groups in total. The van der Waals surface area contributed by atoms with Crippen molar-refractivity contribution in [1.29, 1.82) is 0 Å². The van der Waals surface area contributed by atoms with E-state index in [9.17, 15) is 10.1 Å². The Morgan fingerprint density at radius 3 is 2.79 bits per heavy atom. The number of nitrogens with one attached hydrogen (secondary N) is 1. The largest absolute Gasteiger partial charge is 0.393 e. The smallest absolute Gasteiger partial charge is 0.333 e. The zero-order valence-corrected chi connectivity index (χ0v) is 8.02. The molecule has 1 aromatic heterocycles. The van der Waals surface area contributed by atoms with Gasteiger partial charge in [0.2, 0.25) is 5.82 Å². The average molecular weight is 196 g/mol. The van der Waals surface area contributed by atoms with Crippen molar-refractivity contribution in [3.05, 3.63) is 22.4 Å². The van der Waals surface area contributed by atoms with Crippen molar-refractivity contribution in [2.45, 2.75) is 19.9 Å². The van der Waals surface area contributed by atoms with Crippen LogP contribution in [0, 0.1) is 10.1 Å². The van der Waals surface area contributed by atoms with E-state index < -0.39 is 4.92 Å². The first-order valence-corrected chi connectivity index (χ1v) is 4.17. The maximum absolute atomic E-state index is 10.7. The average Bonchev–Trinajstić information content (AvgIpc) is 2.01. The van der Waals surface area contributed by atoms with Crippen molar-refractivity contribution in [3.63, 3.8) is 0 Å². The first-order chi connectivity index (χ1) is 6.52. The predicted molar refractivity (Wildman–Crippen MR) is 54.1 cm³/mol. The zero-order valence-electron chi connectivity index (χ0n) is 8.02. The van der Waals surface area contributed by atoms with Gasteiger partial charge in [0.1, 0.15) is 5.69 Å². The Morgan fingerprint density at radius 1 is 1.64 bits per heavy atom. The molecule has 1 aromatic rings. The van der Waals surface area contributed by atoms with E-state index in [4.69, 9.17) is 5.73 Å². The molecule has 0 aliphatic carbocycles. The Bertz CT molecular complexity index is 351. The molecule has 0 amide bonds. The fourth-order valence-electron chi connectivity index (χ4n) is 1.04. The Balaban J connectivity index is 3.14. The van der Waals surface area contributed by atoms with Crippen molar-refractivity contribution in [1.82, 2.24) is 4.98 Å². The summed E-state index contributed by atoms with van der Waals surface area (Å²) in [5.41, 5.74) is 5.43. The second-order valence-electron chi connectivity index (χ2n) is 3.15. The molecule has 1 heterocycles. The molecule has 1 rings (SSSR count). The van der Waals surface area contributed by atoms with Gasteiger partial charge in [-0.3, -0.25) is 10.1 Å². The Morgan fingerprint density at radius 2 is 2.29 bits per heavy atom. The van der Waals surface area contributed by atoms with Crippen LogP contribution >= 0.6 is 0 Å². The second kappa shape index (κ2) is 3.91. The summed E-state index contributed by atoms with van der Waals surface area (Å²) in [4.78, 5) is 14.0. The minimum absolute atomic E-state index is 0.0722. The molecule has 0 fully saturated rings. The van der Waals surface area contributed by atoms with Crippen LogP contribution in [-0.2, 0) is 0 Å². The molecule has 0 saturated heterocycles. The summed E-state index contributed by atoms with van der Waals surface area (Å²) >= 11 is 0. The summed E-state index contributed by atoms with van der Waals surface area (Å²) in [5.74, 6) is 0.213. The monoisotopic (exact) mass is 196 g/mol. The van der Waals surface area contributed by atoms with Gasteiger partial charge in [-0.25, -0.2) is 4.98 Å². The van der Waals surface area contributed by atoms with E-state index in [0.29, 0.717) is 0 Å². The molecule has 0 unspecified atom stereocenters. The van der Waals surface area contributed by atoms with Crippen molar-refractivity contribution in [2.75, 3.05) is 11.1 Å². The highest BCUT2D eigenvalue weighted by atomic mass is 16.6. The highest BCUT2D eigenvalue weighted by Gasteiger charge is 2.19. The second-order valence-corrected chi connectivity index (χ2v) is 3.15. The number of nitrogens with two attached hydrogens (primary N) is 1. The highest BCUT2D eigenvalue weighted by molar-refractivity contribution is 5.70. The minimum atomic E-state index is -0.535. The Labute approximate surface area is 81.3 Å². The molecule has 6 heteroatoms. The van der Waals surface area contributed by atoms with Crippen LogP contribution < -0.4 is 11.1 Å². The van der Waals surface area contributed by atoms with Crippen molar-refractivity contribution >= 4 is 17.2 Å². The molecule has 76 valence electrons. The van der Waals surface area contributed by atoms with Crippen molar-refractivity contribution < 1.29 is 4.92 Å². The van der Waals surface area contributed by atoms with E-state index in [1.807, 2.05) is 13.8 Å². The van der Waals surface area contributed by atoms with Crippen LogP contribution in [0.15, 0.2) is 12.3 Å². The lowest BCUT2D eigenvalue weighted by molar-refractivity contribution is -0.383. The molecule has 0 atom stereocenters. The molecular weight excluding hydrogens is 184 g/mol. The number of aromatic nitrogens is 1. The summed E-state index contributed by atoms with van der Waals surface area (Å²) in [6, 6.07) is 1.48. The standard InChI is InChI=1S/C8H12N4O2/c1-5(2)11-8-7(12(13)14)6(9)3-4-10-8/h3-5H,1-2H3,(H3,9,10,11). The van der Waals surface area contributed by atoms with E-state index in [-0.39, 0.29) is 23.2 Å². The topological polar surface area (TPSA) is 94.1 Å². The van der Waals surface area contributed by atoms with E-state index in [2.05, 4.69) is 10.3 Å². The van der Waals surface area contributed by atoms with E-state index >= 15 is 0 Å². The summed E-state index contributed by atoms with van der Waals surface area (Å²) in [6.45, 7) is 3.74. The molecule has 0 bridgehead atoms. The predicted octanol–water partition coefficient (Wildman–Crippen LogP) is 1.39. The SMILES string of the molecule is CC(C)Nc1nccc(N)c1[N+](=O)[O-].